The molecule has 7 nitrogen and oxygen atoms in total. The molecule has 1 aromatic carbocycles. The fraction of sp³-hybridized carbons (Fsp3) is 0.556. The zero-order chi connectivity index (χ0) is 18.6. The topological polar surface area (TPSA) is 72.4 Å². The number of alkyl carbamates (subject to hydrolysis) is 1. The van der Waals surface area contributed by atoms with E-state index >= 15 is 0 Å². The Kier molecular flexibility index (Phi) is 5.77. The van der Waals surface area contributed by atoms with Gasteiger partial charge in [0.2, 0.25) is 5.96 Å². The number of rotatable bonds is 4. The quantitative estimate of drug-likeness (QED) is 0.905. The van der Waals surface area contributed by atoms with Gasteiger partial charge >= 0.3 is 6.09 Å². The Balaban J connectivity index is 2.17. The normalized spacial score (nSPS) is 17.1. The summed E-state index contributed by atoms with van der Waals surface area (Å²) in [5, 5.41) is 2.75. The summed E-state index contributed by atoms with van der Waals surface area (Å²) < 4.78 is 16.0. The Morgan fingerprint density at radius 2 is 1.84 bits per heavy atom. The molecule has 138 valence electrons. The van der Waals surface area contributed by atoms with E-state index in [1.165, 1.54) is 0 Å². The van der Waals surface area contributed by atoms with Crippen LogP contribution >= 0.6 is 0 Å². The zero-order valence-corrected chi connectivity index (χ0v) is 15.8. The molecule has 1 N–H and O–H groups in total. The van der Waals surface area contributed by atoms with Crippen LogP contribution in [0.5, 0.6) is 11.5 Å². The third-order valence-electron chi connectivity index (χ3n) is 3.77. The summed E-state index contributed by atoms with van der Waals surface area (Å²) in [4.78, 5) is 18.5. The summed E-state index contributed by atoms with van der Waals surface area (Å²) in [6.45, 7) is 8.72. The zero-order valence-electron chi connectivity index (χ0n) is 15.8. The number of amides is 1. The van der Waals surface area contributed by atoms with Crippen molar-refractivity contribution in [3.63, 3.8) is 0 Å². The van der Waals surface area contributed by atoms with Gasteiger partial charge < -0.3 is 19.1 Å². The third kappa shape index (κ3) is 4.78. The summed E-state index contributed by atoms with van der Waals surface area (Å²) in [6.07, 6.45) is -0.506. The number of ether oxygens (including phenoxy) is 3. The number of carbonyl (C=O) groups is 1. The number of aliphatic imine (C=N–C) groups is 1. The van der Waals surface area contributed by atoms with E-state index in [1.807, 2.05) is 50.8 Å². The van der Waals surface area contributed by atoms with Gasteiger partial charge in [0.05, 0.1) is 26.8 Å². The van der Waals surface area contributed by atoms with E-state index in [0.717, 1.165) is 17.1 Å². The van der Waals surface area contributed by atoms with Gasteiger partial charge in [-0.05, 0) is 45.4 Å². The molecule has 0 aromatic heterocycles. The second kappa shape index (κ2) is 7.63. The summed E-state index contributed by atoms with van der Waals surface area (Å²) in [7, 11) is 3.24. The highest BCUT2D eigenvalue weighted by molar-refractivity contribution is 5.95. The van der Waals surface area contributed by atoms with Crippen molar-refractivity contribution in [2.45, 2.75) is 39.3 Å². The van der Waals surface area contributed by atoms with Gasteiger partial charge in [-0.15, -0.1) is 0 Å². The number of hydrogen-bond donors (Lipinski definition) is 1. The van der Waals surface area contributed by atoms with Crippen LogP contribution < -0.4 is 14.8 Å². The smallest absolute Gasteiger partial charge is 0.414 e. The van der Waals surface area contributed by atoms with E-state index in [4.69, 9.17) is 14.2 Å². The molecule has 25 heavy (non-hydrogen) atoms. The van der Waals surface area contributed by atoms with Crippen molar-refractivity contribution in [2.24, 2.45) is 4.99 Å². The van der Waals surface area contributed by atoms with Crippen molar-refractivity contribution < 1.29 is 19.0 Å². The van der Waals surface area contributed by atoms with Crippen molar-refractivity contribution in [3.05, 3.63) is 23.8 Å². The van der Waals surface area contributed by atoms with Crippen LogP contribution in [-0.4, -0.2) is 49.9 Å². The van der Waals surface area contributed by atoms with Gasteiger partial charge in [0.15, 0.2) is 0 Å². The number of methoxy groups -OCH3 is 2. The second-order valence-electron chi connectivity index (χ2n) is 6.74. The first kappa shape index (κ1) is 18.9. The summed E-state index contributed by atoms with van der Waals surface area (Å²) >= 11 is 0. The molecule has 0 saturated carbocycles. The lowest BCUT2D eigenvalue weighted by Gasteiger charge is -2.28. The minimum atomic E-state index is -0.556. The highest BCUT2D eigenvalue weighted by atomic mass is 16.6. The van der Waals surface area contributed by atoms with Crippen LogP contribution in [0.4, 0.5) is 4.79 Å². The maximum atomic E-state index is 12.0. The molecular weight excluding hydrogens is 322 g/mol. The number of carbonyl (C=O) groups excluding carboxylic acids is 1. The molecule has 0 bridgehead atoms. The molecule has 1 atom stereocenters. The first-order chi connectivity index (χ1) is 11.8. The molecule has 1 unspecified atom stereocenters. The molecule has 7 heteroatoms. The van der Waals surface area contributed by atoms with Crippen molar-refractivity contribution in [1.82, 2.24) is 10.2 Å². The van der Waals surface area contributed by atoms with Gasteiger partial charge in [0, 0.05) is 12.6 Å². The predicted octanol–water partition coefficient (Wildman–Crippen LogP) is 2.96. The summed E-state index contributed by atoms with van der Waals surface area (Å²) in [6, 6.07) is 5.75. The lowest BCUT2D eigenvalue weighted by Crippen LogP contribution is -2.44. The number of nitrogens with one attached hydrogen (secondary N) is 1. The van der Waals surface area contributed by atoms with Crippen molar-refractivity contribution in [3.8, 4) is 11.5 Å². The molecule has 1 aliphatic rings. The van der Waals surface area contributed by atoms with Crippen LogP contribution in [0.15, 0.2) is 23.2 Å². The van der Waals surface area contributed by atoms with Crippen LogP contribution in [-0.2, 0) is 4.74 Å². The molecule has 0 radical (unpaired) electrons. The van der Waals surface area contributed by atoms with Crippen LogP contribution in [0.2, 0.25) is 0 Å². The van der Waals surface area contributed by atoms with Crippen LogP contribution in [0.1, 0.15) is 39.3 Å². The molecular formula is C18H27N3O4. The average molecular weight is 349 g/mol. The Hall–Kier alpha value is -2.44. The highest BCUT2D eigenvalue weighted by Gasteiger charge is 2.30. The minimum absolute atomic E-state index is 0.000985. The number of hydrogen-bond acceptors (Lipinski definition) is 6. The van der Waals surface area contributed by atoms with Crippen molar-refractivity contribution >= 4 is 12.1 Å². The predicted molar refractivity (Wildman–Crippen MR) is 96.3 cm³/mol. The molecule has 1 aromatic rings. The largest absolute Gasteiger partial charge is 0.497 e. The molecule has 0 saturated heterocycles. The van der Waals surface area contributed by atoms with Crippen molar-refractivity contribution in [2.75, 3.05) is 27.3 Å². The number of guanidine groups is 1. The monoisotopic (exact) mass is 349 g/mol. The minimum Gasteiger partial charge on any atom is -0.497 e. The molecule has 1 amide bonds. The van der Waals surface area contributed by atoms with Crippen LogP contribution in [0.25, 0.3) is 0 Å². The van der Waals surface area contributed by atoms with E-state index in [-0.39, 0.29) is 6.04 Å². The number of likely N-dealkylation sites (N-methyl/N-ethyl adjacent to an activating group) is 1. The molecule has 0 fully saturated rings. The van der Waals surface area contributed by atoms with Gasteiger partial charge in [-0.2, -0.15) is 0 Å². The average Bonchev–Trinajstić information content (AvgIpc) is 2.94. The lowest BCUT2D eigenvalue weighted by atomic mass is 10.1. The lowest BCUT2D eigenvalue weighted by molar-refractivity contribution is 0.0556. The van der Waals surface area contributed by atoms with Gasteiger partial charge in [0.1, 0.15) is 17.1 Å². The van der Waals surface area contributed by atoms with Crippen molar-refractivity contribution in [1.29, 1.82) is 0 Å². The molecule has 0 aliphatic carbocycles. The number of nitrogens with zero attached hydrogens (tertiary/aromatic N) is 2. The Morgan fingerprint density at radius 1 is 1.24 bits per heavy atom. The Labute approximate surface area is 149 Å². The molecule has 1 heterocycles. The maximum Gasteiger partial charge on any atom is 0.414 e. The Bertz CT molecular complexity index is 630. The SMILES string of the molecule is CCN1C(NC(=O)OC(C)(C)C)=NCC1c1cc(OC)cc(OC)c1. The number of benzene rings is 1. The van der Waals surface area contributed by atoms with E-state index in [2.05, 4.69) is 10.3 Å². The fourth-order valence-electron chi connectivity index (χ4n) is 2.69. The first-order valence-electron chi connectivity index (χ1n) is 8.31. The van der Waals surface area contributed by atoms with E-state index in [9.17, 15) is 4.79 Å². The molecule has 1 aliphatic heterocycles. The summed E-state index contributed by atoms with van der Waals surface area (Å²) in [5.41, 5.74) is 0.461. The highest BCUT2D eigenvalue weighted by Crippen LogP contribution is 2.32. The van der Waals surface area contributed by atoms with E-state index in [1.54, 1.807) is 14.2 Å². The summed E-state index contributed by atoms with van der Waals surface area (Å²) in [5.74, 6) is 1.96. The molecule has 2 rings (SSSR count). The van der Waals surface area contributed by atoms with Gasteiger partial charge in [-0.1, -0.05) is 0 Å². The van der Waals surface area contributed by atoms with Gasteiger partial charge in [-0.25, -0.2) is 4.79 Å². The van der Waals surface area contributed by atoms with Crippen LogP contribution in [0, 0.1) is 0 Å². The Morgan fingerprint density at radius 3 is 2.32 bits per heavy atom. The maximum absolute atomic E-state index is 12.0. The second-order valence-corrected chi connectivity index (χ2v) is 6.74. The van der Waals surface area contributed by atoms with Gasteiger partial charge in [0.25, 0.3) is 0 Å². The van der Waals surface area contributed by atoms with Gasteiger partial charge in [-0.3, -0.25) is 10.3 Å². The fourth-order valence-corrected chi connectivity index (χ4v) is 2.69. The van der Waals surface area contributed by atoms with E-state index < -0.39 is 11.7 Å². The standard InChI is InChI=1S/C18H27N3O4/c1-7-21-15(12-8-13(23-5)10-14(9-12)24-6)11-19-16(21)20-17(22)25-18(2,3)4/h8-10,15H,7,11H2,1-6H3,(H,19,20,22). The first-order valence-corrected chi connectivity index (χ1v) is 8.31. The van der Waals surface area contributed by atoms with E-state index in [0.29, 0.717) is 19.0 Å². The molecule has 0 spiro atoms. The van der Waals surface area contributed by atoms with Crippen LogP contribution in [0.3, 0.4) is 0 Å². The third-order valence-corrected chi connectivity index (χ3v) is 3.77.